The van der Waals surface area contributed by atoms with Gasteiger partial charge in [0.25, 0.3) is 0 Å². The SMILES string of the molecule is CCOC(=O)c1cc2c(s1)-c1cc(Br)ccc1OCC2. The average Bonchev–Trinajstić information content (AvgIpc) is 2.78. The van der Waals surface area contributed by atoms with Crippen LogP contribution >= 0.6 is 27.3 Å². The van der Waals surface area contributed by atoms with Crippen molar-refractivity contribution in [2.45, 2.75) is 13.3 Å². The van der Waals surface area contributed by atoms with E-state index in [4.69, 9.17) is 9.47 Å². The van der Waals surface area contributed by atoms with Crippen molar-refractivity contribution in [1.29, 1.82) is 0 Å². The van der Waals surface area contributed by atoms with Gasteiger partial charge in [-0.25, -0.2) is 4.79 Å². The molecule has 0 aliphatic carbocycles. The lowest BCUT2D eigenvalue weighted by molar-refractivity contribution is 0.0532. The highest BCUT2D eigenvalue weighted by Crippen LogP contribution is 2.42. The Balaban J connectivity index is 2.09. The van der Waals surface area contributed by atoms with E-state index >= 15 is 0 Å². The largest absolute Gasteiger partial charge is 0.493 e. The first-order valence-electron chi connectivity index (χ1n) is 6.41. The maximum absolute atomic E-state index is 11.9. The van der Waals surface area contributed by atoms with Crippen LogP contribution in [0.1, 0.15) is 22.2 Å². The second kappa shape index (κ2) is 5.58. The molecule has 1 aromatic heterocycles. The zero-order chi connectivity index (χ0) is 14.1. The maximum Gasteiger partial charge on any atom is 0.348 e. The van der Waals surface area contributed by atoms with Gasteiger partial charge in [0.1, 0.15) is 10.6 Å². The van der Waals surface area contributed by atoms with Crippen LogP contribution in [0.4, 0.5) is 0 Å². The molecule has 0 N–H and O–H groups in total. The van der Waals surface area contributed by atoms with E-state index in [2.05, 4.69) is 15.9 Å². The first-order chi connectivity index (χ1) is 9.69. The standard InChI is InChI=1S/C15H13BrO3S/c1-2-18-15(17)13-7-9-5-6-19-12-4-3-10(16)8-11(12)14(9)20-13/h3-4,7-8H,2,5-6H2,1H3. The van der Waals surface area contributed by atoms with Crippen molar-refractivity contribution in [3.8, 4) is 16.2 Å². The number of halogens is 1. The van der Waals surface area contributed by atoms with E-state index < -0.39 is 0 Å². The molecular weight excluding hydrogens is 340 g/mol. The monoisotopic (exact) mass is 352 g/mol. The second-order valence-corrected chi connectivity index (χ2v) is 6.39. The van der Waals surface area contributed by atoms with Crippen molar-refractivity contribution >= 4 is 33.2 Å². The Labute approximate surface area is 129 Å². The molecule has 2 heterocycles. The van der Waals surface area contributed by atoms with Crippen molar-refractivity contribution < 1.29 is 14.3 Å². The number of ether oxygens (including phenoxy) is 2. The predicted octanol–water partition coefficient (Wildman–Crippen LogP) is 4.29. The molecule has 1 aliphatic rings. The van der Waals surface area contributed by atoms with Gasteiger partial charge in [-0.3, -0.25) is 0 Å². The second-order valence-electron chi connectivity index (χ2n) is 4.42. The van der Waals surface area contributed by atoms with Crippen LogP contribution in [0, 0.1) is 0 Å². The molecule has 0 saturated heterocycles. The summed E-state index contributed by atoms with van der Waals surface area (Å²) in [5.74, 6) is 0.618. The molecule has 0 spiro atoms. The first kappa shape index (κ1) is 13.6. The van der Waals surface area contributed by atoms with Gasteiger partial charge in [0, 0.05) is 21.3 Å². The average molecular weight is 353 g/mol. The number of fused-ring (bicyclic) bond motifs is 3. The number of esters is 1. The number of rotatable bonds is 2. The molecule has 0 amide bonds. The topological polar surface area (TPSA) is 35.5 Å². The molecule has 20 heavy (non-hydrogen) atoms. The number of benzene rings is 1. The van der Waals surface area contributed by atoms with Gasteiger partial charge in [-0.1, -0.05) is 15.9 Å². The minimum absolute atomic E-state index is 0.247. The summed E-state index contributed by atoms with van der Waals surface area (Å²) < 4.78 is 11.8. The van der Waals surface area contributed by atoms with Crippen molar-refractivity contribution in [3.63, 3.8) is 0 Å². The summed E-state index contributed by atoms with van der Waals surface area (Å²) >= 11 is 4.96. The van der Waals surface area contributed by atoms with Gasteiger partial charge in [0.05, 0.1) is 13.2 Å². The first-order valence-corrected chi connectivity index (χ1v) is 8.02. The van der Waals surface area contributed by atoms with Crippen molar-refractivity contribution in [2.75, 3.05) is 13.2 Å². The lowest BCUT2D eigenvalue weighted by atomic mass is 10.1. The third kappa shape index (κ3) is 2.47. The summed E-state index contributed by atoms with van der Waals surface area (Å²) in [5.41, 5.74) is 2.18. The van der Waals surface area contributed by atoms with Crippen LogP contribution in [0.15, 0.2) is 28.7 Å². The van der Waals surface area contributed by atoms with Crippen molar-refractivity contribution in [3.05, 3.63) is 39.2 Å². The summed E-state index contributed by atoms with van der Waals surface area (Å²) in [6.07, 6.45) is 0.803. The lowest BCUT2D eigenvalue weighted by Crippen LogP contribution is -2.02. The summed E-state index contributed by atoms with van der Waals surface area (Å²) in [6, 6.07) is 7.88. The van der Waals surface area contributed by atoms with Gasteiger partial charge in [0.15, 0.2) is 0 Å². The fourth-order valence-electron chi connectivity index (χ4n) is 2.22. The van der Waals surface area contributed by atoms with Crippen molar-refractivity contribution in [1.82, 2.24) is 0 Å². The summed E-state index contributed by atoms with van der Waals surface area (Å²) in [5, 5.41) is 0. The summed E-state index contributed by atoms with van der Waals surface area (Å²) in [6.45, 7) is 2.84. The van der Waals surface area contributed by atoms with Gasteiger partial charge in [-0.05, 0) is 36.8 Å². The third-order valence-corrected chi connectivity index (χ3v) is 4.78. The minimum atomic E-state index is -0.247. The van der Waals surface area contributed by atoms with Crippen LogP contribution in [0.25, 0.3) is 10.4 Å². The molecule has 0 fully saturated rings. The van der Waals surface area contributed by atoms with Gasteiger partial charge < -0.3 is 9.47 Å². The normalized spacial score (nSPS) is 12.9. The highest BCUT2D eigenvalue weighted by Gasteiger charge is 2.21. The number of hydrogen-bond acceptors (Lipinski definition) is 4. The van der Waals surface area contributed by atoms with Crippen LogP contribution in [0.5, 0.6) is 5.75 Å². The maximum atomic E-state index is 11.9. The van der Waals surface area contributed by atoms with Crippen LogP contribution in [0.3, 0.4) is 0 Å². The Hall–Kier alpha value is -1.33. The Morgan fingerprint density at radius 1 is 1.45 bits per heavy atom. The fourth-order valence-corrected chi connectivity index (χ4v) is 3.71. The number of carbonyl (C=O) groups is 1. The molecule has 0 unspecified atom stereocenters. The summed E-state index contributed by atoms with van der Waals surface area (Å²) in [7, 11) is 0. The zero-order valence-corrected chi connectivity index (χ0v) is 13.3. The van der Waals surface area contributed by atoms with E-state index in [1.165, 1.54) is 11.3 Å². The molecule has 5 heteroatoms. The third-order valence-electron chi connectivity index (χ3n) is 3.10. The zero-order valence-electron chi connectivity index (χ0n) is 10.9. The number of hydrogen-bond donors (Lipinski definition) is 0. The van der Waals surface area contributed by atoms with Gasteiger partial charge in [-0.15, -0.1) is 11.3 Å². The Bertz CT molecular complexity index is 663. The summed E-state index contributed by atoms with van der Waals surface area (Å²) in [4.78, 5) is 13.6. The molecule has 104 valence electrons. The highest BCUT2D eigenvalue weighted by molar-refractivity contribution is 9.10. The molecule has 0 radical (unpaired) electrons. The predicted molar refractivity (Wildman–Crippen MR) is 82.6 cm³/mol. The molecule has 1 aliphatic heterocycles. The molecule has 3 nitrogen and oxygen atoms in total. The van der Waals surface area contributed by atoms with E-state index in [1.807, 2.05) is 31.2 Å². The molecule has 0 atom stereocenters. The number of thiophene rings is 1. The van der Waals surface area contributed by atoms with E-state index in [-0.39, 0.29) is 5.97 Å². The van der Waals surface area contributed by atoms with Crippen LogP contribution in [-0.4, -0.2) is 19.2 Å². The van der Waals surface area contributed by atoms with Crippen LogP contribution in [-0.2, 0) is 11.2 Å². The molecule has 3 rings (SSSR count). The molecule has 2 aromatic rings. The minimum Gasteiger partial charge on any atom is -0.493 e. The molecule has 1 aromatic carbocycles. The Kier molecular flexibility index (Phi) is 3.81. The Morgan fingerprint density at radius 3 is 3.10 bits per heavy atom. The van der Waals surface area contributed by atoms with E-state index in [0.717, 1.165) is 32.6 Å². The van der Waals surface area contributed by atoms with Crippen LogP contribution in [0.2, 0.25) is 0 Å². The van der Waals surface area contributed by atoms with E-state index in [1.54, 1.807) is 0 Å². The fraction of sp³-hybridized carbons (Fsp3) is 0.267. The van der Waals surface area contributed by atoms with Crippen LogP contribution < -0.4 is 4.74 Å². The van der Waals surface area contributed by atoms with Gasteiger partial charge in [0.2, 0.25) is 0 Å². The van der Waals surface area contributed by atoms with E-state index in [9.17, 15) is 4.79 Å². The van der Waals surface area contributed by atoms with E-state index in [0.29, 0.717) is 18.1 Å². The number of carbonyl (C=O) groups excluding carboxylic acids is 1. The molecule has 0 saturated carbocycles. The smallest absolute Gasteiger partial charge is 0.348 e. The van der Waals surface area contributed by atoms with Gasteiger partial charge >= 0.3 is 5.97 Å². The molecule has 0 bridgehead atoms. The lowest BCUT2D eigenvalue weighted by Gasteiger charge is -2.07. The van der Waals surface area contributed by atoms with Gasteiger partial charge in [-0.2, -0.15) is 0 Å². The van der Waals surface area contributed by atoms with Crippen molar-refractivity contribution in [2.24, 2.45) is 0 Å². The highest BCUT2D eigenvalue weighted by atomic mass is 79.9. The quantitative estimate of drug-likeness (QED) is 0.756. The Morgan fingerprint density at radius 2 is 2.30 bits per heavy atom. The molecular formula is C15H13BrO3S.